The standard InChI is InChI=1S/C24H33N5O3/c1-4-25-24(27-13-12-26-23(30)19-8-7-9-20(18-19)31-2)29-16-14-28(15-17-29)21-10-5-6-11-22(21)32-3/h5-11,18H,4,12-17H2,1-3H3,(H,25,27)(H,26,30). The molecule has 8 heteroatoms. The second kappa shape index (κ2) is 11.8. The molecule has 0 aromatic heterocycles. The van der Waals surface area contributed by atoms with Gasteiger partial charge in [-0.05, 0) is 37.3 Å². The lowest BCUT2D eigenvalue weighted by molar-refractivity contribution is 0.0954. The van der Waals surface area contributed by atoms with Crippen LogP contribution in [-0.2, 0) is 0 Å². The van der Waals surface area contributed by atoms with Crippen molar-refractivity contribution in [2.75, 3.05) is 64.9 Å². The number of guanidine groups is 1. The second-order valence-corrected chi connectivity index (χ2v) is 7.37. The van der Waals surface area contributed by atoms with Gasteiger partial charge in [-0.15, -0.1) is 0 Å². The van der Waals surface area contributed by atoms with E-state index in [-0.39, 0.29) is 5.91 Å². The lowest BCUT2D eigenvalue weighted by Gasteiger charge is -2.38. The lowest BCUT2D eigenvalue weighted by Crippen LogP contribution is -2.52. The number of aliphatic imine (C=N–C) groups is 1. The van der Waals surface area contributed by atoms with Crippen LogP contribution in [0, 0.1) is 0 Å². The highest BCUT2D eigenvalue weighted by Crippen LogP contribution is 2.28. The minimum Gasteiger partial charge on any atom is -0.497 e. The topological polar surface area (TPSA) is 78.4 Å². The molecule has 8 nitrogen and oxygen atoms in total. The predicted molar refractivity (Wildman–Crippen MR) is 128 cm³/mol. The number of para-hydroxylation sites is 2. The summed E-state index contributed by atoms with van der Waals surface area (Å²) in [6.07, 6.45) is 0. The van der Waals surface area contributed by atoms with Gasteiger partial charge in [0, 0.05) is 44.8 Å². The number of ether oxygens (including phenoxy) is 2. The summed E-state index contributed by atoms with van der Waals surface area (Å²) >= 11 is 0. The van der Waals surface area contributed by atoms with E-state index in [1.807, 2.05) is 24.3 Å². The van der Waals surface area contributed by atoms with Crippen LogP contribution in [0.4, 0.5) is 5.69 Å². The van der Waals surface area contributed by atoms with Crippen molar-refractivity contribution in [3.05, 3.63) is 54.1 Å². The maximum atomic E-state index is 12.4. The molecule has 3 rings (SSSR count). The first-order chi connectivity index (χ1) is 15.7. The number of carbonyl (C=O) groups excluding carboxylic acids is 1. The molecule has 0 spiro atoms. The molecule has 2 N–H and O–H groups in total. The Labute approximate surface area is 190 Å². The van der Waals surface area contributed by atoms with Gasteiger partial charge in [0.15, 0.2) is 5.96 Å². The lowest BCUT2D eigenvalue weighted by atomic mass is 10.2. The van der Waals surface area contributed by atoms with Gasteiger partial charge in [0.1, 0.15) is 11.5 Å². The molecule has 2 aromatic carbocycles. The Morgan fingerprint density at radius 1 is 1.00 bits per heavy atom. The molecule has 1 aliphatic heterocycles. The highest BCUT2D eigenvalue weighted by molar-refractivity contribution is 5.94. The van der Waals surface area contributed by atoms with E-state index in [1.165, 1.54) is 0 Å². The molecule has 2 aromatic rings. The van der Waals surface area contributed by atoms with Gasteiger partial charge in [-0.25, -0.2) is 0 Å². The summed E-state index contributed by atoms with van der Waals surface area (Å²) in [6.45, 7) is 7.32. The molecular formula is C24H33N5O3. The first-order valence-corrected chi connectivity index (χ1v) is 11.0. The average molecular weight is 440 g/mol. The number of nitrogens with zero attached hydrogens (tertiary/aromatic N) is 3. The summed E-state index contributed by atoms with van der Waals surface area (Å²) in [4.78, 5) is 21.7. The number of benzene rings is 2. The van der Waals surface area contributed by atoms with Crippen LogP contribution in [0.25, 0.3) is 0 Å². The van der Waals surface area contributed by atoms with Gasteiger partial charge in [0.05, 0.1) is 26.5 Å². The Morgan fingerprint density at radius 3 is 2.50 bits per heavy atom. The number of rotatable bonds is 8. The zero-order valence-corrected chi connectivity index (χ0v) is 19.1. The number of methoxy groups -OCH3 is 2. The third-order valence-electron chi connectivity index (χ3n) is 5.33. The molecular weight excluding hydrogens is 406 g/mol. The molecule has 0 atom stereocenters. The van der Waals surface area contributed by atoms with Crippen molar-refractivity contribution >= 4 is 17.6 Å². The SMILES string of the molecule is CCNC(=NCCNC(=O)c1cccc(OC)c1)N1CCN(c2ccccc2OC)CC1. The molecule has 0 unspecified atom stereocenters. The Balaban J connectivity index is 1.52. The molecule has 0 bridgehead atoms. The largest absolute Gasteiger partial charge is 0.497 e. The molecule has 1 saturated heterocycles. The number of nitrogens with one attached hydrogen (secondary N) is 2. The van der Waals surface area contributed by atoms with E-state index in [0.717, 1.165) is 50.1 Å². The quantitative estimate of drug-likeness (QED) is 0.373. The molecule has 172 valence electrons. The Hall–Kier alpha value is -3.42. The molecule has 1 heterocycles. The smallest absolute Gasteiger partial charge is 0.251 e. The summed E-state index contributed by atoms with van der Waals surface area (Å²) in [5, 5.41) is 6.29. The maximum absolute atomic E-state index is 12.4. The van der Waals surface area contributed by atoms with Crippen molar-refractivity contribution in [3.63, 3.8) is 0 Å². The Kier molecular flexibility index (Phi) is 8.60. The van der Waals surface area contributed by atoms with E-state index >= 15 is 0 Å². The summed E-state index contributed by atoms with van der Waals surface area (Å²) in [6, 6.07) is 15.2. The summed E-state index contributed by atoms with van der Waals surface area (Å²) in [5.41, 5.74) is 1.70. The first-order valence-electron chi connectivity index (χ1n) is 11.0. The summed E-state index contributed by atoms with van der Waals surface area (Å²) < 4.78 is 10.7. The van der Waals surface area contributed by atoms with E-state index < -0.39 is 0 Å². The van der Waals surface area contributed by atoms with Gasteiger partial charge < -0.3 is 29.9 Å². The number of anilines is 1. The molecule has 32 heavy (non-hydrogen) atoms. The fourth-order valence-corrected chi connectivity index (χ4v) is 3.67. The number of carbonyl (C=O) groups is 1. The summed E-state index contributed by atoms with van der Waals surface area (Å²) in [7, 11) is 3.29. The minimum absolute atomic E-state index is 0.130. The molecule has 1 aliphatic rings. The van der Waals surface area contributed by atoms with Crippen molar-refractivity contribution in [1.29, 1.82) is 0 Å². The van der Waals surface area contributed by atoms with Crippen molar-refractivity contribution in [2.24, 2.45) is 4.99 Å². The van der Waals surface area contributed by atoms with Gasteiger partial charge >= 0.3 is 0 Å². The van der Waals surface area contributed by atoms with E-state index in [4.69, 9.17) is 14.5 Å². The number of hydrogen-bond acceptors (Lipinski definition) is 5. The van der Waals surface area contributed by atoms with Gasteiger partial charge in [-0.2, -0.15) is 0 Å². The van der Waals surface area contributed by atoms with Gasteiger partial charge in [0.2, 0.25) is 0 Å². The average Bonchev–Trinajstić information content (AvgIpc) is 2.86. The third-order valence-corrected chi connectivity index (χ3v) is 5.33. The Morgan fingerprint density at radius 2 is 1.78 bits per heavy atom. The van der Waals surface area contributed by atoms with Crippen LogP contribution in [0.1, 0.15) is 17.3 Å². The molecule has 0 radical (unpaired) electrons. The highest BCUT2D eigenvalue weighted by Gasteiger charge is 2.21. The van der Waals surface area contributed by atoms with E-state index in [9.17, 15) is 4.79 Å². The van der Waals surface area contributed by atoms with Gasteiger partial charge in [-0.1, -0.05) is 18.2 Å². The van der Waals surface area contributed by atoms with Crippen LogP contribution in [0.5, 0.6) is 11.5 Å². The first kappa shape index (κ1) is 23.2. The Bertz CT molecular complexity index is 910. The zero-order valence-electron chi connectivity index (χ0n) is 19.1. The number of piperazine rings is 1. The van der Waals surface area contributed by atoms with Crippen molar-refractivity contribution in [1.82, 2.24) is 15.5 Å². The van der Waals surface area contributed by atoms with Crippen LogP contribution < -0.4 is 25.0 Å². The fourth-order valence-electron chi connectivity index (χ4n) is 3.67. The molecule has 0 saturated carbocycles. The fraction of sp³-hybridized carbons (Fsp3) is 0.417. The van der Waals surface area contributed by atoms with Crippen LogP contribution in [0.15, 0.2) is 53.5 Å². The number of amides is 1. The van der Waals surface area contributed by atoms with Crippen molar-refractivity contribution < 1.29 is 14.3 Å². The highest BCUT2D eigenvalue weighted by atomic mass is 16.5. The maximum Gasteiger partial charge on any atom is 0.251 e. The van der Waals surface area contributed by atoms with Crippen molar-refractivity contribution in [3.8, 4) is 11.5 Å². The van der Waals surface area contributed by atoms with E-state index in [1.54, 1.807) is 32.4 Å². The number of hydrogen-bond donors (Lipinski definition) is 2. The zero-order chi connectivity index (χ0) is 22.8. The minimum atomic E-state index is -0.130. The normalized spacial score (nSPS) is 14.2. The van der Waals surface area contributed by atoms with E-state index in [2.05, 4.69) is 33.4 Å². The molecule has 1 amide bonds. The van der Waals surface area contributed by atoms with Crippen LogP contribution >= 0.6 is 0 Å². The van der Waals surface area contributed by atoms with Gasteiger partial charge in [0.25, 0.3) is 5.91 Å². The summed E-state index contributed by atoms with van der Waals surface area (Å²) in [5.74, 6) is 2.31. The molecule has 0 aliphatic carbocycles. The monoisotopic (exact) mass is 439 g/mol. The third kappa shape index (κ3) is 6.06. The molecule has 1 fully saturated rings. The van der Waals surface area contributed by atoms with E-state index in [0.29, 0.717) is 24.4 Å². The second-order valence-electron chi connectivity index (χ2n) is 7.37. The van der Waals surface area contributed by atoms with Crippen molar-refractivity contribution in [2.45, 2.75) is 6.92 Å². The predicted octanol–water partition coefficient (Wildman–Crippen LogP) is 2.22. The van der Waals surface area contributed by atoms with Crippen LogP contribution in [0.2, 0.25) is 0 Å². The van der Waals surface area contributed by atoms with Crippen LogP contribution in [-0.4, -0.2) is 76.8 Å². The van der Waals surface area contributed by atoms with Gasteiger partial charge in [-0.3, -0.25) is 9.79 Å². The van der Waals surface area contributed by atoms with Crippen LogP contribution in [0.3, 0.4) is 0 Å².